The molecule has 2 atom stereocenters. The lowest BCUT2D eigenvalue weighted by Crippen LogP contribution is -2.40. The summed E-state index contributed by atoms with van der Waals surface area (Å²) >= 11 is 6.12. The first-order valence-corrected chi connectivity index (χ1v) is 9.49. The second-order valence-electron chi connectivity index (χ2n) is 6.60. The van der Waals surface area contributed by atoms with E-state index in [4.69, 9.17) is 25.7 Å². The molecule has 2 heterocycles. The molecule has 6 heteroatoms. The average molecular weight is 376 g/mol. The first-order chi connectivity index (χ1) is 12.7. The minimum atomic E-state index is 0.100. The Morgan fingerprint density at radius 1 is 1.35 bits per heavy atom. The van der Waals surface area contributed by atoms with Gasteiger partial charge in [0.2, 0.25) is 0 Å². The first-order valence-electron chi connectivity index (χ1n) is 9.11. The Bertz CT molecular complexity index is 697. The molecule has 2 N–H and O–H groups in total. The van der Waals surface area contributed by atoms with Crippen LogP contribution in [0.3, 0.4) is 0 Å². The summed E-state index contributed by atoms with van der Waals surface area (Å²) in [5.74, 6) is 2.26. The second-order valence-corrected chi connectivity index (χ2v) is 7.03. The maximum Gasteiger partial charge on any atom is 0.191 e. The Morgan fingerprint density at radius 2 is 2.27 bits per heavy atom. The molecule has 140 valence electrons. The third-order valence-electron chi connectivity index (χ3n) is 4.48. The molecule has 0 radical (unpaired) electrons. The molecule has 1 aromatic carbocycles. The number of hydrogen-bond acceptors (Lipinski definition) is 3. The van der Waals surface area contributed by atoms with E-state index in [1.54, 1.807) is 6.26 Å². The van der Waals surface area contributed by atoms with Crippen LogP contribution in [-0.2, 0) is 11.2 Å². The van der Waals surface area contributed by atoms with Crippen LogP contribution in [0.5, 0.6) is 0 Å². The van der Waals surface area contributed by atoms with Crippen LogP contribution in [0.1, 0.15) is 30.7 Å². The highest BCUT2D eigenvalue weighted by molar-refractivity contribution is 6.30. The standard InChI is InChI=1S/C20H26ClN3O2/c1-15(17-4-2-5-18(21)12-17)24-20(23-13-16-8-11-25-14-16)22-9-7-19-6-3-10-26-19/h2-6,10,12,15-16H,7-9,11,13-14H2,1H3,(H2,22,23,24). The summed E-state index contributed by atoms with van der Waals surface area (Å²) < 4.78 is 10.8. The number of hydrogen-bond donors (Lipinski definition) is 2. The lowest BCUT2D eigenvalue weighted by molar-refractivity contribution is 0.187. The van der Waals surface area contributed by atoms with Crippen LogP contribution in [0, 0.1) is 5.92 Å². The fourth-order valence-corrected chi connectivity index (χ4v) is 3.12. The van der Waals surface area contributed by atoms with Crippen molar-refractivity contribution in [3.8, 4) is 0 Å². The van der Waals surface area contributed by atoms with Gasteiger partial charge in [0, 0.05) is 37.1 Å². The molecule has 0 amide bonds. The molecule has 5 nitrogen and oxygen atoms in total. The van der Waals surface area contributed by atoms with Gasteiger partial charge < -0.3 is 19.8 Å². The van der Waals surface area contributed by atoms with E-state index < -0.39 is 0 Å². The van der Waals surface area contributed by atoms with Gasteiger partial charge in [-0.2, -0.15) is 0 Å². The largest absolute Gasteiger partial charge is 0.469 e. The van der Waals surface area contributed by atoms with Gasteiger partial charge in [0.05, 0.1) is 18.9 Å². The van der Waals surface area contributed by atoms with Crippen molar-refractivity contribution in [1.82, 2.24) is 10.6 Å². The third-order valence-corrected chi connectivity index (χ3v) is 4.71. The summed E-state index contributed by atoms with van der Waals surface area (Å²) in [6, 6.07) is 11.9. The number of nitrogens with one attached hydrogen (secondary N) is 2. The van der Waals surface area contributed by atoms with Crippen LogP contribution in [0.4, 0.5) is 0 Å². The van der Waals surface area contributed by atoms with Gasteiger partial charge in [0.1, 0.15) is 5.76 Å². The second kappa shape index (κ2) is 9.64. The molecule has 0 bridgehead atoms. The summed E-state index contributed by atoms with van der Waals surface area (Å²) in [5, 5.41) is 7.62. The summed E-state index contributed by atoms with van der Waals surface area (Å²) in [6.45, 7) is 5.26. The van der Waals surface area contributed by atoms with Gasteiger partial charge in [-0.05, 0) is 43.2 Å². The van der Waals surface area contributed by atoms with Gasteiger partial charge in [0.25, 0.3) is 0 Å². The minimum Gasteiger partial charge on any atom is -0.469 e. The normalized spacial score (nSPS) is 18.7. The number of ether oxygens (including phenoxy) is 1. The number of furan rings is 1. The van der Waals surface area contributed by atoms with Crippen molar-refractivity contribution in [3.63, 3.8) is 0 Å². The SMILES string of the molecule is CC(NC(=NCC1CCOC1)NCCc1ccco1)c1cccc(Cl)c1. The van der Waals surface area contributed by atoms with Gasteiger partial charge in [-0.3, -0.25) is 4.99 Å². The van der Waals surface area contributed by atoms with Gasteiger partial charge in [-0.1, -0.05) is 23.7 Å². The van der Waals surface area contributed by atoms with E-state index in [9.17, 15) is 0 Å². The van der Waals surface area contributed by atoms with Crippen molar-refractivity contribution in [3.05, 3.63) is 59.0 Å². The molecule has 1 saturated heterocycles. The zero-order chi connectivity index (χ0) is 18.2. The predicted octanol–water partition coefficient (Wildman–Crippen LogP) is 3.81. The highest BCUT2D eigenvalue weighted by Crippen LogP contribution is 2.17. The molecule has 26 heavy (non-hydrogen) atoms. The highest BCUT2D eigenvalue weighted by Gasteiger charge is 2.16. The molecule has 1 fully saturated rings. The Balaban J connectivity index is 1.59. The maximum absolute atomic E-state index is 6.12. The van der Waals surface area contributed by atoms with E-state index in [1.165, 1.54) is 0 Å². The number of guanidine groups is 1. The average Bonchev–Trinajstić information content (AvgIpc) is 3.33. The molecule has 2 aromatic rings. The van der Waals surface area contributed by atoms with Gasteiger partial charge in [-0.25, -0.2) is 0 Å². The zero-order valence-corrected chi connectivity index (χ0v) is 15.8. The molecule has 1 aliphatic rings. The lowest BCUT2D eigenvalue weighted by Gasteiger charge is -2.19. The summed E-state index contributed by atoms with van der Waals surface area (Å²) in [5.41, 5.74) is 1.13. The van der Waals surface area contributed by atoms with Crippen LogP contribution in [0.2, 0.25) is 5.02 Å². The number of benzene rings is 1. The van der Waals surface area contributed by atoms with Crippen molar-refractivity contribution in [2.75, 3.05) is 26.3 Å². The molecule has 1 aliphatic heterocycles. The van der Waals surface area contributed by atoms with Crippen LogP contribution < -0.4 is 10.6 Å². The van der Waals surface area contributed by atoms with E-state index in [2.05, 4.69) is 23.6 Å². The maximum atomic E-state index is 6.12. The van der Waals surface area contributed by atoms with Crippen LogP contribution >= 0.6 is 11.6 Å². The molecule has 0 spiro atoms. The molecule has 1 aromatic heterocycles. The van der Waals surface area contributed by atoms with Crippen LogP contribution in [0.25, 0.3) is 0 Å². The van der Waals surface area contributed by atoms with Gasteiger partial charge >= 0.3 is 0 Å². The molecule has 0 aliphatic carbocycles. The van der Waals surface area contributed by atoms with Crippen molar-refractivity contribution in [2.45, 2.75) is 25.8 Å². The van der Waals surface area contributed by atoms with Crippen molar-refractivity contribution < 1.29 is 9.15 Å². The quantitative estimate of drug-likeness (QED) is 0.570. The molecular weight excluding hydrogens is 350 g/mol. The lowest BCUT2D eigenvalue weighted by atomic mass is 10.1. The van der Waals surface area contributed by atoms with Crippen molar-refractivity contribution in [2.24, 2.45) is 10.9 Å². The number of nitrogens with zero attached hydrogens (tertiary/aromatic N) is 1. The van der Waals surface area contributed by atoms with E-state index >= 15 is 0 Å². The Labute approximate surface area is 159 Å². The number of halogens is 1. The highest BCUT2D eigenvalue weighted by atomic mass is 35.5. The van der Waals surface area contributed by atoms with Crippen molar-refractivity contribution >= 4 is 17.6 Å². The minimum absolute atomic E-state index is 0.100. The molecule has 3 rings (SSSR count). The summed E-state index contributed by atoms with van der Waals surface area (Å²) in [7, 11) is 0. The number of rotatable bonds is 7. The Morgan fingerprint density at radius 3 is 3.00 bits per heavy atom. The fourth-order valence-electron chi connectivity index (χ4n) is 2.92. The molecule has 2 unspecified atom stereocenters. The smallest absolute Gasteiger partial charge is 0.191 e. The van der Waals surface area contributed by atoms with Gasteiger partial charge in [0.15, 0.2) is 5.96 Å². The fraction of sp³-hybridized carbons (Fsp3) is 0.450. The molecular formula is C20H26ClN3O2. The van der Waals surface area contributed by atoms with E-state index in [0.717, 1.165) is 61.5 Å². The topological polar surface area (TPSA) is 58.8 Å². The Kier molecular flexibility index (Phi) is 6.97. The van der Waals surface area contributed by atoms with E-state index in [1.807, 2.05) is 30.3 Å². The van der Waals surface area contributed by atoms with E-state index in [0.29, 0.717) is 5.92 Å². The van der Waals surface area contributed by atoms with E-state index in [-0.39, 0.29) is 6.04 Å². The summed E-state index contributed by atoms with van der Waals surface area (Å²) in [4.78, 5) is 4.76. The van der Waals surface area contributed by atoms with Crippen LogP contribution in [-0.4, -0.2) is 32.3 Å². The third kappa shape index (κ3) is 5.78. The first kappa shape index (κ1) is 18.8. The summed E-state index contributed by atoms with van der Waals surface area (Å²) in [6.07, 6.45) is 3.59. The predicted molar refractivity (Wildman–Crippen MR) is 105 cm³/mol. The monoisotopic (exact) mass is 375 g/mol. The molecule has 0 saturated carbocycles. The van der Waals surface area contributed by atoms with Crippen LogP contribution in [0.15, 0.2) is 52.1 Å². The zero-order valence-electron chi connectivity index (χ0n) is 15.1. The Hall–Kier alpha value is -1.98. The van der Waals surface area contributed by atoms with Gasteiger partial charge in [-0.15, -0.1) is 0 Å². The van der Waals surface area contributed by atoms with Crippen molar-refractivity contribution in [1.29, 1.82) is 0 Å². The number of aliphatic imine (C=N–C) groups is 1.